The summed E-state index contributed by atoms with van der Waals surface area (Å²) in [5, 5.41) is 7.22. The lowest BCUT2D eigenvalue weighted by Gasteiger charge is -2.21. The first-order valence-electron chi connectivity index (χ1n) is 6.39. The average molecular weight is 276 g/mol. The minimum absolute atomic E-state index is 0.273. The molecule has 0 fully saturated rings. The van der Waals surface area contributed by atoms with E-state index in [2.05, 4.69) is 61.0 Å². The minimum Gasteiger partial charge on any atom is -0.314 e. The van der Waals surface area contributed by atoms with Crippen LogP contribution in [-0.4, -0.2) is 21.8 Å². The van der Waals surface area contributed by atoms with Crippen molar-refractivity contribution in [3.8, 4) is 0 Å². The molecular weight excluding hydrogens is 256 g/mol. The number of hydrogen-bond acceptors (Lipinski definition) is 3. The first-order chi connectivity index (χ1) is 8.90. The summed E-state index contributed by atoms with van der Waals surface area (Å²) in [6.45, 7) is 8.40. The lowest BCUT2D eigenvalue weighted by atomic mass is 10.1. The van der Waals surface area contributed by atoms with Crippen LogP contribution in [0.4, 0.5) is 11.6 Å². The Morgan fingerprint density at radius 1 is 1.21 bits per heavy atom. The highest BCUT2D eigenvalue weighted by molar-refractivity contribution is 7.71. The van der Waals surface area contributed by atoms with Crippen LogP contribution < -0.4 is 4.90 Å². The van der Waals surface area contributed by atoms with Gasteiger partial charge in [-0.15, -0.1) is 5.10 Å². The second-order valence-electron chi connectivity index (χ2n) is 5.20. The van der Waals surface area contributed by atoms with Gasteiger partial charge in [-0.25, -0.2) is 5.10 Å². The van der Waals surface area contributed by atoms with E-state index in [9.17, 15) is 0 Å². The molecule has 1 aromatic carbocycles. The molecular formula is C14H20N4S. The van der Waals surface area contributed by atoms with Gasteiger partial charge in [-0.1, -0.05) is 6.07 Å². The summed E-state index contributed by atoms with van der Waals surface area (Å²) in [4.78, 5) is 2.06. The number of nitrogens with zero attached hydrogens (tertiary/aromatic N) is 3. The third kappa shape index (κ3) is 2.71. The second-order valence-corrected chi connectivity index (χ2v) is 5.58. The Morgan fingerprint density at radius 2 is 1.79 bits per heavy atom. The molecule has 0 aliphatic carbocycles. The largest absolute Gasteiger partial charge is 0.314 e. The first kappa shape index (κ1) is 13.8. The molecule has 0 aliphatic rings. The summed E-state index contributed by atoms with van der Waals surface area (Å²) in [6, 6.07) is 6.73. The monoisotopic (exact) mass is 276 g/mol. The van der Waals surface area contributed by atoms with E-state index in [1.54, 1.807) is 0 Å². The topological polar surface area (TPSA) is 36.9 Å². The molecule has 0 spiro atoms. The maximum Gasteiger partial charge on any atom is 0.230 e. The minimum atomic E-state index is 0.273. The Labute approximate surface area is 119 Å². The number of hydrogen-bond donors (Lipinski definition) is 1. The highest BCUT2D eigenvalue weighted by Crippen LogP contribution is 2.26. The van der Waals surface area contributed by atoms with Crippen LogP contribution in [-0.2, 0) is 0 Å². The van der Waals surface area contributed by atoms with Gasteiger partial charge < -0.3 is 4.90 Å². The molecule has 1 heterocycles. The van der Waals surface area contributed by atoms with Gasteiger partial charge in [-0.2, -0.15) is 0 Å². The predicted molar refractivity (Wildman–Crippen MR) is 81.8 cm³/mol. The molecule has 0 bridgehead atoms. The molecule has 102 valence electrons. The molecule has 0 amide bonds. The third-order valence-electron chi connectivity index (χ3n) is 3.10. The lowest BCUT2D eigenvalue weighted by Crippen LogP contribution is -2.17. The van der Waals surface area contributed by atoms with E-state index in [0.29, 0.717) is 4.77 Å². The summed E-state index contributed by atoms with van der Waals surface area (Å²) < 4.78 is 2.67. The van der Waals surface area contributed by atoms with E-state index in [-0.39, 0.29) is 6.04 Å². The van der Waals surface area contributed by atoms with Crippen LogP contribution in [0.3, 0.4) is 0 Å². The van der Waals surface area contributed by atoms with Crippen LogP contribution in [0.15, 0.2) is 18.2 Å². The Kier molecular flexibility index (Phi) is 3.75. The number of rotatable bonds is 3. The quantitative estimate of drug-likeness (QED) is 0.864. The van der Waals surface area contributed by atoms with Crippen molar-refractivity contribution in [3.05, 3.63) is 34.1 Å². The van der Waals surface area contributed by atoms with E-state index in [0.717, 1.165) is 11.6 Å². The number of benzene rings is 1. The molecule has 19 heavy (non-hydrogen) atoms. The van der Waals surface area contributed by atoms with Gasteiger partial charge in [-0.05, 0) is 63.2 Å². The Morgan fingerprint density at radius 3 is 2.32 bits per heavy atom. The molecule has 0 radical (unpaired) electrons. The van der Waals surface area contributed by atoms with Gasteiger partial charge in [0.05, 0.1) is 0 Å². The summed E-state index contributed by atoms with van der Waals surface area (Å²) >= 11 is 5.29. The zero-order valence-corrected chi connectivity index (χ0v) is 12.9. The zero-order valence-electron chi connectivity index (χ0n) is 12.1. The fourth-order valence-electron chi connectivity index (χ4n) is 2.26. The predicted octanol–water partition coefficient (Wildman–Crippen LogP) is 3.91. The van der Waals surface area contributed by atoms with Gasteiger partial charge in [0, 0.05) is 18.8 Å². The zero-order chi connectivity index (χ0) is 14.2. The van der Waals surface area contributed by atoms with Crippen molar-refractivity contribution >= 4 is 23.9 Å². The van der Waals surface area contributed by atoms with Gasteiger partial charge in [0.2, 0.25) is 5.95 Å². The molecule has 4 nitrogen and oxygen atoms in total. The second kappa shape index (κ2) is 5.17. The van der Waals surface area contributed by atoms with Crippen LogP contribution in [0.1, 0.15) is 31.0 Å². The molecule has 0 atom stereocenters. The van der Waals surface area contributed by atoms with E-state index in [4.69, 9.17) is 12.2 Å². The summed E-state index contributed by atoms with van der Waals surface area (Å²) in [7, 11) is 2.01. The number of nitrogens with one attached hydrogen (secondary N) is 1. The third-order valence-corrected chi connectivity index (χ3v) is 3.38. The molecule has 0 aliphatic heterocycles. The van der Waals surface area contributed by atoms with Crippen molar-refractivity contribution in [1.82, 2.24) is 14.8 Å². The fraction of sp³-hybridized carbons (Fsp3) is 0.429. The van der Waals surface area contributed by atoms with Crippen LogP contribution in [0.2, 0.25) is 0 Å². The standard InChI is InChI=1S/C14H20N4S/c1-9(2)18-13(15-16-14(18)19)17(5)12-7-10(3)6-11(4)8-12/h6-9H,1-5H3,(H,16,19). The molecule has 5 heteroatoms. The number of aryl methyl sites for hydroxylation is 2. The molecule has 0 saturated heterocycles. The van der Waals surface area contributed by atoms with Gasteiger partial charge in [0.15, 0.2) is 4.77 Å². The smallest absolute Gasteiger partial charge is 0.230 e. The van der Waals surface area contributed by atoms with Gasteiger partial charge in [-0.3, -0.25) is 4.57 Å². The highest BCUT2D eigenvalue weighted by Gasteiger charge is 2.15. The number of aromatic amines is 1. The molecule has 2 aromatic rings. The normalized spacial score (nSPS) is 11.1. The van der Waals surface area contributed by atoms with Gasteiger partial charge >= 0.3 is 0 Å². The molecule has 0 saturated carbocycles. The van der Waals surface area contributed by atoms with E-state index < -0.39 is 0 Å². The van der Waals surface area contributed by atoms with Crippen molar-refractivity contribution in [3.63, 3.8) is 0 Å². The maximum absolute atomic E-state index is 5.29. The highest BCUT2D eigenvalue weighted by atomic mass is 32.1. The lowest BCUT2D eigenvalue weighted by molar-refractivity contribution is 0.591. The fourth-order valence-corrected chi connectivity index (χ4v) is 2.60. The number of aromatic nitrogens is 3. The average Bonchev–Trinajstić information content (AvgIpc) is 2.68. The SMILES string of the molecule is Cc1cc(C)cc(N(C)c2n[nH]c(=S)n2C(C)C)c1. The Balaban J connectivity index is 2.50. The van der Waals surface area contributed by atoms with Crippen LogP contribution in [0.25, 0.3) is 0 Å². The van der Waals surface area contributed by atoms with Crippen molar-refractivity contribution in [1.29, 1.82) is 0 Å². The number of anilines is 2. The van der Waals surface area contributed by atoms with E-state index in [1.807, 2.05) is 11.6 Å². The van der Waals surface area contributed by atoms with Gasteiger partial charge in [0.1, 0.15) is 0 Å². The summed E-state index contributed by atoms with van der Waals surface area (Å²) in [5.41, 5.74) is 3.60. The maximum atomic E-state index is 5.29. The first-order valence-corrected chi connectivity index (χ1v) is 6.80. The van der Waals surface area contributed by atoms with Crippen LogP contribution >= 0.6 is 12.2 Å². The van der Waals surface area contributed by atoms with E-state index >= 15 is 0 Å². The Hall–Kier alpha value is -1.62. The van der Waals surface area contributed by atoms with Crippen molar-refractivity contribution in [2.45, 2.75) is 33.7 Å². The summed E-state index contributed by atoms with van der Waals surface area (Å²) in [5.74, 6) is 0.838. The number of H-pyrrole nitrogens is 1. The molecule has 1 N–H and O–H groups in total. The molecule has 0 unspecified atom stereocenters. The van der Waals surface area contributed by atoms with Crippen LogP contribution in [0, 0.1) is 18.6 Å². The Bertz CT molecular complexity index is 619. The van der Waals surface area contributed by atoms with Gasteiger partial charge in [0.25, 0.3) is 0 Å². The molecule has 2 rings (SSSR count). The molecule has 1 aromatic heterocycles. The van der Waals surface area contributed by atoms with Crippen LogP contribution in [0.5, 0.6) is 0 Å². The van der Waals surface area contributed by atoms with E-state index in [1.165, 1.54) is 11.1 Å². The van der Waals surface area contributed by atoms with Crippen molar-refractivity contribution < 1.29 is 0 Å². The summed E-state index contributed by atoms with van der Waals surface area (Å²) in [6.07, 6.45) is 0. The van der Waals surface area contributed by atoms with Crippen molar-refractivity contribution in [2.75, 3.05) is 11.9 Å². The van der Waals surface area contributed by atoms with Crippen molar-refractivity contribution in [2.24, 2.45) is 0 Å².